The van der Waals surface area contributed by atoms with Crippen molar-refractivity contribution in [2.24, 2.45) is 0 Å². The molecule has 2 atom stereocenters. The van der Waals surface area contributed by atoms with Gasteiger partial charge in [-0.05, 0) is 46.8 Å². The third kappa shape index (κ3) is 4.80. The maximum absolute atomic E-state index is 12.2. The summed E-state index contributed by atoms with van der Waals surface area (Å²) in [7, 11) is 0. The van der Waals surface area contributed by atoms with E-state index in [9.17, 15) is 9.59 Å². The molecule has 0 aromatic carbocycles. The summed E-state index contributed by atoms with van der Waals surface area (Å²) in [5.41, 5.74) is -0.655. The largest absolute Gasteiger partial charge is 0.467 e. The van der Waals surface area contributed by atoms with Crippen molar-refractivity contribution in [2.45, 2.75) is 58.2 Å². The zero-order valence-corrected chi connectivity index (χ0v) is 14.0. The predicted octanol–water partition coefficient (Wildman–Crippen LogP) is 2.57. The van der Waals surface area contributed by atoms with E-state index in [2.05, 4.69) is 5.32 Å². The number of carbonyl (C=O) groups excluding carboxylic acids is 2. The summed E-state index contributed by atoms with van der Waals surface area (Å²) < 4.78 is 21.6. The number of hydrogen-bond donors (Lipinski definition) is 1. The minimum absolute atomic E-state index is 0.0924. The topological polar surface area (TPSA) is 87.0 Å². The summed E-state index contributed by atoms with van der Waals surface area (Å²) in [6.07, 6.45) is -0.106. The highest BCUT2D eigenvalue weighted by Gasteiger charge is 2.42. The van der Waals surface area contributed by atoms with E-state index in [4.69, 9.17) is 18.6 Å². The van der Waals surface area contributed by atoms with E-state index in [1.165, 1.54) is 6.26 Å². The molecule has 128 valence electrons. The molecule has 1 saturated heterocycles. The van der Waals surface area contributed by atoms with Crippen molar-refractivity contribution in [2.75, 3.05) is 6.61 Å². The van der Waals surface area contributed by atoms with Crippen molar-refractivity contribution in [3.63, 3.8) is 0 Å². The Balaban J connectivity index is 2.21. The standard InChI is InChI=1S/C16H23NO6/c1-15(2,3)23-14(19)17-12(11-7-6-8-20-11)13-10(18)9-21-16(4,5)22-13/h6-8,12-13H,9H2,1-5H3,(H,17,19)/t12-,13-/m1/s1. The highest BCUT2D eigenvalue weighted by atomic mass is 16.7. The fourth-order valence-corrected chi connectivity index (χ4v) is 2.19. The van der Waals surface area contributed by atoms with Crippen LogP contribution >= 0.6 is 0 Å². The molecule has 0 radical (unpaired) electrons. The average Bonchev–Trinajstić information content (AvgIpc) is 2.91. The number of rotatable bonds is 3. The van der Waals surface area contributed by atoms with E-state index in [0.29, 0.717) is 5.76 Å². The second-order valence-electron chi connectivity index (χ2n) is 6.83. The number of ether oxygens (including phenoxy) is 3. The first-order valence-electron chi connectivity index (χ1n) is 7.45. The molecule has 0 unspecified atom stereocenters. The summed E-state index contributed by atoms with van der Waals surface area (Å²) in [6, 6.07) is 2.55. The lowest BCUT2D eigenvalue weighted by atomic mass is 10.0. The molecule has 0 bridgehead atoms. The van der Waals surface area contributed by atoms with Crippen LogP contribution in [0.4, 0.5) is 4.79 Å². The Bertz CT molecular complexity index is 558. The molecule has 0 saturated carbocycles. The smallest absolute Gasteiger partial charge is 0.408 e. The Morgan fingerprint density at radius 2 is 2.13 bits per heavy atom. The van der Waals surface area contributed by atoms with Crippen molar-refractivity contribution in [1.29, 1.82) is 0 Å². The number of amides is 1. The second-order valence-corrected chi connectivity index (χ2v) is 6.83. The Hall–Kier alpha value is -1.86. The molecule has 1 N–H and O–H groups in total. The van der Waals surface area contributed by atoms with Crippen molar-refractivity contribution < 1.29 is 28.2 Å². The lowest BCUT2D eigenvalue weighted by molar-refractivity contribution is -0.263. The number of alkyl carbamates (subject to hydrolysis) is 1. The van der Waals surface area contributed by atoms with Crippen LogP contribution in [0.2, 0.25) is 0 Å². The molecule has 1 fully saturated rings. The zero-order valence-electron chi connectivity index (χ0n) is 14.0. The van der Waals surface area contributed by atoms with Gasteiger partial charge in [0.15, 0.2) is 11.6 Å². The van der Waals surface area contributed by atoms with Crippen LogP contribution in [0.3, 0.4) is 0 Å². The Labute approximate surface area is 135 Å². The molecule has 1 aromatic rings. The van der Waals surface area contributed by atoms with Gasteiger partial charge in [0.2, 0.25) is 0 Å². The first-order chi connectivity index (χ1) is 10.6. The molecule has 23 heavy (non-hydrogen) atoms. The van der Waals surface area contributed by atoms with Crippen molar-refractivity contribution in [3.05, 3.63) is 24.2 Å². The third-order valence-corrected chi connectivity index (χ3v) is 3.11. The van der Waals surface area contributed by atoms with Gasteiger partial charge in [0, 0.05) is 0 Å². The molecule has 2 rings (SSSR count). The Morgan fingerprint density at radius 3 is 2.70 bits per heavy atom. The minimum atomic E-state index is -0.932. The molecule has 2 heterocycles. The number of ketones is 1. The summed E-state index contributed by atoms with van der Waals surface area (Å²) in [5, 5.41) is 2.66. The van der Waals surface area contributed by atoms with E-state index in [-0.39, 0.29) is 12.4 Å². The van der Waals surface area contributed by atoms with E-state index in [1.54, 1.807) is 46.8 Å². The maximum atomic E-state index is 12.2. The van der Waals surface area contributed by atoms with Gasteiger partial charge in [0.05, 0.1) is 6.26 Å². The molecule has 1 aliphatic heterocycles. The van der Waals surface area contributed by atoms with Gasteiger partial charge in [0.1, 0.15) is 30.1 Å². The number of furan rings is 1. The Morgan fingerprint density at radius 1 is 1.43 bits per heavy atom. The molecular formula is C16H23NO6. The van der Waals surface area contributed by atoms with Crippen LogP contribution in [0.15, 0.2) is 22.8 Å². The number of carbonyl (C=O) groups is 2. The second kappa shape index (κ2) is 6.33. The average molecular weight is 325 g/mol. The van der Waals surface area contributed by atoms with E-state index < -0.39 is 29.6 Å². The zero-order chi connectivity index (χ0) is 17.3. The summed E-state index contributed by atoms with van der Waals surface area (Å²) in [5.74, 6) is -0.798. The van der Waals surface area contributed by atoms with Gasteiger partial charge in [-0.15, -0.1) is 0 Å². The summed E-state index contributed by atoms with van der Waals surface area (Å²) in [6.45, 7) is 8.60. The monoisotopic (exact) mass is 325 g/mol. The van der Waals surface area contributed by atoms with Gasteiger partial charge in [-0.2, -0.15) is 0 Å². The Kier molecular flexibility index (Phi) is 4.81. The third-order valence-electron chi connectivity index (χ3n) is 3.11. The molecule has 0 aliphatic carbocycles. The normalized spacial score (nSPS) is 22.5. The molecular weight excluding hydrogens is 302 g/mol. The van der Waals surface area contributed by atoms with Crippen LogP contribution in [0.1, 0.15) is 46.4 Å². The van der Waals surface area contributed by atoms with Crippen LogP contribution in [-0.2, 0) is 19.0 Å². The van der Waals surface area contributed by atoms with E-state index >= 15 is 0 Å². The van der Waals surface area contributed by atoms with Gasteiger partial charge in [0.25, 0.3) is 0 Å². The number of Topliss-reactive ketones (excluding diaryl/α,β-unsaturated/α-hetero) is 1. The van der Waals surface area contributed by atoms with Gasteiger partial charge in [-0.25, -0.2) is 4.79 Å². The quantitative estimate of drug-likeness (QED) is 0.919. The summed E-state index contributed by atoms with van der Waals surface area (Å²) in [4.78, 5) is 24.3. The van der Waals surface area contributed by atoms with Crippen LogP contribution < -0.4 is 5.32 Å². The fourth-order valence-electron chi connectivity index (χ4n) is 2.19. The van der Waals surface area contributed by atoms with Crippen molar-refractivity contribution in [3.8, 4) is 0 Å². The minimum Gasteiger partial charge on any atom is -0.467 e. The first-order valence-corrected chi connectivity index (χ1v) is 7.45. The highest BCUT2D eigenvalue weighted by Crippen LogP contribution is 2.29. The van der Waals surface area contributed by atoms with E-state index in [1.807, 2.05) is 0 Å². The van der Waals surface area contributed by atoms with E-state index in [0.717, 1.165) is 0 Å². The predicted molar refractivity (Wildman–Crippen MR) is 80.7 cm³/mol. The van der Waals surface area contributed by atoms with Gasteiger partial charge < -0.3 is 23.9 Å². The van der Waals surface area contributed by atoms with Gasteiger partial charge >= 0.3 is 6.09 Å². The van der Waals surface area contributed by atoms with Crippen LogP contribution in [-0.4, -0.2) is 36.0 Å². The number of hydrogen-bond acceptors (Lipinski definition) is 6. The lowest BCUT2D eigenvalue weighted by Gasteiger charge is -2.38. The van der Waals surface area contributed by atoms with Crippen LogP contribution in [0.5, 0.6) is 0 Å². The molecule has 1 aliphatic rings. The number of nitrogens with one attached hydrogen (secondary N) is 1. The fraction of sp³-hybridized carbons (Fsp3) is 0.625. The maximum Gasteiger partial charge on any atom is 0.408 e. The molecule has 0 spiro atoms. The highest BCUT2D eigenvalue weighted by molar-refractivity contribution is 5.86. The lowest BCUT2D eigenvalue weighted by Crippen LogP contribution is -2.52. The van der Waals surface area contributed by atoms with Crippen LogP contribution in [0.25, 0.3) is 0 Å². The van der Waals surface area contributed by atoms with Crippen molar-refractivity contribution >= 4 is 11.9 Å². The summed E-state index contributed by atoms with van der Waals surface area (Å²) >= 11 is 0. The molecule has 1 amide bonds. The molecule has 1 aromatic heterocycles. The molecule has 7 nitrogen and oxygen atoms in total. The molecule has 7 heteroatoms. The van der Waals surface area contributed by atoms with Crippen molar-refractivity contribution in [1.82, 2.24) is 5.32 Å². The SMILES string of the molecule is CC(C)(C)OC(=O)N[C@H](c1ccco1)[C@@H]1OC(C)(C)OCC1=O. The van der Waals surface area contributed by atoms with Gasteiger partial charge in [-0.3, -0.25) is 4.79 Å². The van der Waals surface area contributed by atoms with Gasteiger partial charge in [-0.1, -0.05) is 0 Å². The first kappa shape index (κ1) is 17.5. The van der Waals surface area contributed by atoms with Crippen LogP contribution in [0, 0.1) is 0 Å².